The average molecular weight is 296 g/mol. The van der Waals surface area contributed by atoms with Gasteiger partial charge in [-0.1, -0.05) is 13.8 Å². The smallest absolute Gasteiger partial charge is 0.191 e. The van der Waals surface area contributed by atoms with Crippen molar-refractivity contribution < 1.29 is 0 Å². The summed E-state index contributed by atoms with van der Waals surface area (Å²) in [7, 11) is 4.22. The summed E-state index contributed by atoms with van der Waals surface area (Å²) in [6.07, 6.45) is 0. The summed E-state index contributed by atoms with van der Waals surface area (Å²) >= 11 is 1.71. The summed E-state index contributed by atoms with van der Waals surface area (Å²) in [5, 5.41) is 11.0. The Bertz CT molecular complexity index is 396. The van der Waals surface area contributed by atoms with Gasteiger partial charge >= 0.3 is 0 Å². The Morgan fingerprint density at radius 2 is 2.10 bits per heavy atom. The van der Waals surface area contributed by atoms with E-state index in [1.54, 1.807) is 11.3 Å². The van der Waals surface area contributed by atoms with Crippen LogP contribution in [-0.4, -0.2) is 44.6 Å². The van der Waals surface area contributed by atoms with E-state index in [-0.39, 0.29) is 5.41 Å². The van der Waals surface area contributed by atoms with E-state index in [0.29, 0.717) is 0 Å². The molecule has 0 fully saturated rings. The molecule has 0 saturated heterocycles. The molecule has 1 aromatic rings. The molecule has 0 aliphatic heterocycles. The molecule has 5 heteroatoms. The van der Waals surface area contributed by atoms with E-state index < -0.39 is 0 Å². The lowest BCUT2D eigenvalue weighted by Crippen LogP contribution is -2.44. The lowest BCUT2D eigenvalue weighted by Gasteiger charge is -2.29. The number of nitrogens with zero attached hydrogens (tertiary/aromatic N) is 2. The highest BCUT2D eigenvalue weighted by Gasteiger charge is 2.19. The van der Waals surface area contributed by atoms with Crippen molar-refractivity contribution in [1.82, 2.24) is 15.5 Å². The van der Waals surface area contributed by atoms with Crippen molar-refractivity contribution in [2.75, 3.05) is 33.7 Å². The Morgan fingerprint density at radius 1 is 1.35 bits per heavy atom. The van der Waals surface area contributed by atoms with Gasteiger partial charge in [-0.3, -0.25) is 0 Å². The van der Waals surface area contributed by atoms with Gasteiger partial charge in [-0.2, -0.15) is 11.3 Å². The minimum absolute atomic E-state index is 0.210. The van der Waals surface area contributed by atoms with Crippen molar-refractivity contribution in [2.24, 2.45) is 10.4 Å². The molecule has 1 rings (SSSR count). The van der Waals surface area contributed by atoms with Gasteiger partial charge in [0.05, 0.1) is 6.54 Å². The third kappa shape index (κ3) is 6.91. The largest absolute Gasteiger partial charge is 0.357 e. The van der Waals surface area contributed by atoms with Crippen LogP contribution in [0.1, 0.15) is 26.3 Å². The van der Waals surface area contributed by atoms with Crippen LogP contribution in [0.2, 0.25) is 0 Å². The van der Waals surface area contributed by atoms with Crippen molar-refractivity contribution in [3.8, 4) is 0 Å². The predicted octanol–water partition coefficient (Wildman–Crippen LogP) is 2.39. The van der Waals surface area contributed by atoms with E-state index in [1.165, 1.54) is 5.56 Å². The van der Waals surface area contributed by atoms with Crippen LogP contribution in [0.25, 0.3) is 0 Å². The first kappa shape index (κ1) is 17.0. The Morgan fingerprint density at radius 3 is 2.65 bits per heavy atom. The van der Waals surface area contributed by atoms with Crippen molar-refractivity contribution in [1.29, 1.82) is 0 Å². The van der Waals surface area contributed by atoms with Gasteiger partial charge in [0.15, 0.2) is 5.96 Å². The third-order valence-corrected chi connectivity index (χ3v) is 3.55. The molecular formula is C15H28N4S. The van der Waals surface area contributed by atoms with Crippen LogP contribution >= 0.6 is 11.3 Å². The van der Waals surface area contributed by atoms with Gasteiger partial charge in [-0.25, -0.2) is 4.99 Å². The number of aliphatic imine (C=N–C) groups is 1. The number of thiophene rings is 1. The van der Waals surface area contributed by atoms with Crippen LogP contribution in [0.4, 0.5) is 0 Å². The highest BCUT2D eigenvalue weighted by molar-refractivity contribution is 7.07. The van der Waals surface area contributed by atoms with E-state index >= 15 is 0 Å². The molecule has 0 atom stereocenters. The van der Waals surface area contributed by atoms with Gasteiger partial charge in [-0.05, 0) is 48.8 Å². The SMILES string of the molecule is CCNC(=NCc1ccsc1)NCC(C)(C)CN(C)C. The molecule has 1 heterocycles. The Hall–Kier alpha value is -1.07. The minimum atomic E-state index is 0.210. The molecule has 0 radical (unpaired) electrons. The molecule has 0 saturated carbocycles. The minimum Gasteiger partial charge on any atom is -0.357 e. The number of nitrogens with one attached hydrogen (secondary N) is 2. The molecule has 0 spiro atoms. The first-order valence-electron chi connectivity index (χ1n) is 7.11. The zero-order valence-electron chi connectivity index (χ0n) is 13.4. The summed E-state index contributed by atoms with van der Waals surface area (Å²) in [6.45, 7) is 10.2. The first-order chi connectivity index (χ1) is 9.43. The van der Waals surface area contributed by atoms with Crippen molar-refractivity contribution in [3.63, 3.8) is 0 Å². The predicted molar refractivity (Wildman–Crippen MR) is 89.5 cm³/mol. The zero-order valence-corrected chi connectivity index (χ0v) is 14.2. The van der Waals surface area contributed by atoms with E-state index in [4.69, 9.17) is 0 Å². The maximum absolute atomic E-state index is 4.63. The molecule has 4 nitrogen and oxygen atoms in total. The molecule has 0 aliphatic carbocycles. The van der Waals surface area contributed by atoms with Crippen LogP contribution in [0.5, 0.6) is 0 Å². The van der Waals surface area contributed by atoms with Gasteiger partial charge in [0.2, 0.25) is 0 Å². The number of guanidine groups is 1. The third-order valence-electron chi connectivity index (χ3n) is 2.82. The Labute approximate surface area is 127 Å². The molecule has 2 N–H and O–H groups in total. The second-order valence-corrected chi connectivity index (χ2v) is 6.86. The monoisotopic (exact) mass is 296 g/mol. The Balaban J connectivity index is 2.52. The molecule has 1 aromatic heterocycles. The standard InChI is InChI=1S/C15H28N4S/c1-6-16-14(17-9-13-7-8-20-10-13)18-11-15(2,3)12-19(4)5/h7-8,10H,6,9,11-12H2,1-5H3,(H2,16,17,18). The van der Waals surface area contributed by atoms with Crippen LogP contribution < -0.4 is 10.6 Å². The van der Waals surface area contributed by atoms with E-state index in [2.05, 4.69) is 72.2 Å². The van der Waals surface area contributed by atoms with Crippen molar-refractivity contribution in [3.05, 3.63) is 22.4 Å². The fourth-order valence-electron chi connectivity index (χ4n) is 2.13. The van der Waals surface area contributed by atoms with Gasteiger partial charge in [0, 0.05) is 19.6 Å². The van der Waals surface area contributed by atoms with Gasteiger partial charge in [-0.15, -0.1) is 0 Å². The molecule has 0 amide bonds. The molecule has 20 heavy (non-hydrogen) atoms. The van der Waals surface area contributed by atoms with Gasteiger partial charge in [0.1, 0.15) is 0 Å². The van der Waals surface area contributed by atoms with E-state index in [1.807, 2.05) is 0 Å². The quantitative estimate of drug-likeness (QED) is 0.599. The fraction of sp³-hybridized carbons (Fsp3) is 0.667. The van der Waals surface area contributed by atoms with Crippen LogP contribution in [0.15, 0.2) is 21.8 Å². The van der Waals surface area contributed by atoms with Crippen molar-refractivity contribution >= 4 is 17.3 Å². The maximum atomic E-state index is 4.63. The highest BCUT2D eigenvalue weighted by atomic mass is 32.1. The van der Waals surface area contributed by atoms with E-state index in [9.17, 15) is 0 Å². The summed E-state index contributed by atoms with van der Waals surface area (Å²) in [5.74, 6) is 0.894. The topological polar surface area (TPSA) is 39.7 Å². The zero-order chi connectivity index (χ0) is 15.0. The van der Waals surface area contributed by atoms with Gasteiger partial charge in [0.25, 0.3) is 0 Å². The van der Waals surface area contributed by atoms with Crippen LogP contribution in [0.3, 0.4) is 0 Å². The lowest BCUT2D eigenvalue weighted by molar-refractivity contribution is 0.241. The lowest BCUT2D eigenvalue weighted by atomic mass is 9.93. The second-order valence-electron chi connectivity index (χ2n) is 6.08. The molecule has 0 aliphatic rings. The fourth-order valence-corrected chi connectivity index (χ4v) is 2.79. The first-order valence-corrected chi connectivity index (χ1v) is 8.05. The number of hydrogen-bond donors (Lipinski definition) is 2. The summed E-state index contributed by atoms with van der Waals surface area (Å²) in [6, 6.07) is 2.12. The summed E-state index contributed by atoms with van der Waals surface area (Å²) in [5.41, 5.74) is 1.47. The Kier molecular flexibility index (Phi) is 7.02. The number of hydrogen-bond acceptors (Lipinski definition) is 3. The second kappa shape index (κ2) is 8.27. The normalized spacial score (nSPS) is 12.8. The highest BCUT2D eigenvalue weighted by Crippen LogP contribution is 2.14. The molecule has 114 valence electrons. The number of rotatable bonds is 7. The summed E-state index contributed by atoms with van der Waals surface area (Å²) < 4.78 is 0. The molecular weight excluding hydrogens is 268 g/mol. The molecule has 0 aromatic carbocycles. The maximum Gasteiger partial charge on any atom is 0.191 e. The average Bonchev–Trinajstić information content (AvgIpc) is 2.84. The summed E-state index contributed by atoms with van der Waals surface area (Å²) in [4.78, 5) is 6.84. The molecule has 0 unspecified atom stereocenters. The van der Waals surface area contributed by atoms with Crippen LogP contribution in [-0.2, 0) is 6.54 Å². The molecule has 0 bridgehead atoms. The van der Waals surface area contributed by atoms with Crippen LogP contribution in [0, 0.1) is 5.41 Å². The van der Waals surface area contributed by atoms with E-state index in [0.717, 1.165) is 32.1 Å². The van der Waals surface area contributed by atoms with Gasteiger partial charge < -0.3 is 15.5 Å². The van der Waals surface area contributed by atoms with Crippen molar-refractivity contribution in [2.45, 2.75) is 27.3 Å².